The number of aryl methyl sites for hydroxylation is 2. The molecule has 35 heavy (non-hydrogen) atoms. The van der Waals surface area contributed by atoms with E-state index in [1.54, 1.807) is 11.3 Å². The number of fused-ring (bicyclic) bond motifs is 1. The van der Waals surface area contributed by atoms with Crippen molar-refractivity contribution in [3.05, 3.63) is 77.3 Å². The molecule has 178 valence electrons. The van der Waals surface area contributed by atoms with E-state index in [4.69, 9.17) is 4.98 Å². The van der Waals surface area contributed by atoms with E-state index < -0.39 is 23.4 Å². The summed E-state index contributed by atoms with van der Waals surface area (Å²) in [4.78, 5) is 45.5. The number of rotatable bonds is 7. The highest BCUT2D eigenvalue weighted by Gasteiger charge is 2.47. The average molecular weight is 488 g/mol. The second-order valence-corrected chi connectivity index (χ2v) is 9.85. The first-order chi connectivity index (χ1) is 16.8. The highest BCUT2D eigenvalue weighted by Crippen LogP contribution is 2.32. The number of carbonyl (C=O) groups is 3. The van der Waals surface area contributed by atoms with Gasteiger partial charge in [-0.15, -0.1) is 11.3 Å². The van der Waals surface area contributed by atoms with Crippen molar-refractivity contribution in [1.29, 1.82) is 0 Å². The van der Waals surface area contributed by atoms with Crippen LogP contribution in [0.15, 0.2) is 66.2 Å². The number of carbonyl (C=O) groups excluding carboxylic acids is 3. The Morgan fingerprint density at radius 3 is 2.69 bits per heavy atom. The van der Waals surface area contributed by atoms with Crippen molar-refractivity contribution in [2.45, 2.75) is 32.2 Å². The number of anilines is 1. The number of urea groups is 1. The van der Waals surface area contributed by atoms with Crippen LogP contribution >= 0.6 is 11.3 Å². The number of amides is 4. The average Bonchev–Trinajstić information content (AvgIpc) is 3.54. The molecule has 1 fully saturated rings. The molecule has 4 amide bonds. The van der Waals surface area contributed by atoms with E-state index in [0.717, 1.165) is 20.9 Å². The van der Waals surface area contributed by atoms with Crippen LogP contribution in [0.25, 0.3) is 16.2 Å². The monoisotopic (exact) mass is 487 g/mol. The summed E-state index contributed by atoms with van der Waals surface area (Å²) in [5, 5.41) is 7.61. The van der Waals surface area contributed by atoms with Gasteiger partial charge in [-0.25, -0.2) is 9.78 Å². The summed E-state index contributed by atoms with van der Waals surface area (Å²) in [5.41, 5.74) is 2.41. The Hall–Kier alpha value is -3.98. The minimum Gasteiger partial charge on any atom is -0.323 e. The number of hydrogen-bond donors (Lipinski definition) is 2. The lowest BCUT2D eigenvalue weighted by atomic mass is 9.93. The highest BCUT2D eigenvalue weighted by molar-refractivity contribution is 7.13. The molecule has 1 atom stereocenters. The third kappa shape index (κ3) is 4.42. The molecule has 0 saturated carbocycles. The minimum atomic E-state index is -1.06. The molecule has 1 saturated heterocycles. The second kappa shape index (κ2) is 8.99. The molecular weight excluding hydrogens is 462 g/mol. The van der Waals surface area contributed by atoms with Crippen LogP contribution in [0, 0.1) is 6.92 Å². The Morgan fingerprint density at radius 1 is 1.14 bits per heavy atom. The molecule has 8 nitrogen and oxygen atoms in total. The molecule has 1 aliphatic rings. The van der Waals surface area contributed by atoms with Crippen LogP contribution in [0.1, 0.15) is 24.5 Å². The van der Waals surface area contributed by atoms with Crippen molar-refractivity contribution < 1.29 is 14.4 Å². The number of imidazole rings is 1. The SMILES string of the molecule is Cc1ccn2c(NC(=O)CN3C(=O)NC(C)(CCc4ccccc4)C3=O)c(-c3cccs3)nc2c1. The summed E-state index contributed by atoms with van der Waals surface area (Å²) in [6.07, 6.45) is 2.92. The van der Waals surface area contributed by atoms with Gasteiger partial charge in [0.25, 0.3) is 5.91 Å². The van der Waals surface area contributed by atoms with Crippen LogP contribution in [0.2, 0.25) is 0 Å². The van der Waals surface area contributed by atoms with E-state index in [9.17, 15) is 14.4 Å². The van der Waals surface area contributed by atoms with Crippen molar-refractivity contribution in [3.8, 4) is 10.6 Å². The number of benzene rings is 1. The predicted molar refractivity (Wildman–Crippen MR) is 135 cm³/mol. The third-order valence-corrected chi connectivity index (χ3v) is 7.07. The van der Waals surface area contributed by atoms with E-state index in [0.29, 0.717) is 30.0 Å². The van der Waals surface area contributed by atoms with Crippen LogP contribution < -0.4 is 10.6 Å². The van der Waals surface area contributed by atoms with Crippen LogP contribution in [-0.2, 0) is 16.0 Å². The number of nitrogens with zero attached hydrogens (tertiary/aromatic N) is 3. The standard InChI is InChI=1S/C26H25N5O3S/c1-17-11-13-30-20(15-17)27-22(19-9-6-14-35-19)23(30)28-21(32)16-31-24(33)26(2,29-25(31)34)12-10-18-7-4-3-5-8-18/h3-9,11,13-15H,10,12,16H2,1-2H3,(H,28,32)(H,29,34). The lowest BCUT2D eigenvalue weighted by molar-refractivity contribution is -0.133. The van der Waals surface area contributed by atoms with Gasteiger partial charge in [-0.2, -0.15) is 0 Å². The summed E-state index contributed by atoms with van der Waals surface area (Å²) in [7, 11) is 0. The minimum absolute atomic E-state index is 0.380. The molecule has 4 heterocycles. The van der Waals surface area contributed by atoms with Crippen molar-refractivity contribution >= 4 is 40.6 Å². The molecule has 1 unspecified atom stereocenters. The zero-order valence-electron chi connectivity index (χ0n) is 19.4. The summed E-state index contributed by atoms with van der Waals surface area (Å²) < 4.78 is 1.80. The lowest BCUT2D eigenvalue weighted by Crippen LogP contribution is -2.45. The number of nitrogens with one attached hydrogen (secondary N) is 2. The van der Waals surface area contributed by atoms with Crippen LogP contribution in [0.5, 0.6) is 0 Å². The number of aromatic nitrogens is 2. The van der Waals surface area contributed by atoms with Crippen LogP contribution in [0.3, 0.4) is 0 Å². The fraction of sp³-hybridized carbons (Fsp3) is 0.231. The summed E-state index contributed by atoms with van der Waals surface area (Å²) >= 11 is 1.52. The molecule has 1 aliphatic heterocycles. The van der Waals surface area contributed by atoms with Gasteiger partial charge in [0.05, 0.1) is 4.88 Å². The van der Waals surface area contributed by atoms with Gasteiger partial charge in [-0.05, 0) is 61.4 Å². The summed E-state index contributed by atoms with van der Waals surface area (Å²) in [6, 6.07) is 16.9. The third-order valence-electron chi connectivity index (χ3n) is 6.20. The first-order valence-corrected chi connectivity index (χ1v) is 12.2. The topological polar surface area (TPSA) is 95.8 Å². The van der Waals surface area contributed by atoms with Crippen molar-refractivity contribution in [3.63, 3.8) is 0 Å². The molecule has 0 aliphatic carbocycles. The number of hydrogen-bond acceptors (Lipinski definition) is 5. The second-order valence-electron chi connectivity index (χ2n) is 8.91. The molecule has 0 bridgehead atoms. The first-order valence-electron chi connectivity index (χ1n) is 11.3. The normalized spacial score (nSPS) is 17.7. The number of pyridine rings is 1. The van der Waals surface area contributed by atoms with E-state index in [-0.39, 0.29) is 6.54 Å². The lowest BCUT2D eigenvalue weighted by Gasteiger charge is -2.21. The van der Waals surface area contributed by atoms with Gasteiger partial charge in [0.2, 0.25) is 5.91 Å². The van der Waals surface area contributed by atoms with Crippen LogP contribution in [0.4, 0.5) is 10.6 Å². The van der Waals surface area contributed by atoms with E-state index >= 15 is 0 Å². The molecule has 9 heteroatoms. The predicted octanol–water partition coefficient (Wildman–Crippen LogP) is 4.25. The maximum atomic E-state index is 13.1. The zero-order chi connectivity index (χ0) is 24.6. The fourth-order valence-corrected chi connectivity index (χ4v) is 4.98. The van der Waals surface area contributed by atoms with Crippen LogP contribution in [-0.4, -0.2) is 44.2 Å². The molecular formula is C26H25N5O3S. The number of imide groups is 1. The molecule has 3 aromatic heterocycles. The van der Waals surface area contributed by atoms with Gasteiger partial charge in [-0.1, -0.05) is 36.4 Å². The quantitative estimate of drug-likeness (QED) is 0.381. The van der Waals surface area contributed by atoms with Crippen molar-refractivity contribution in [2.75, 3.05) is 11.9 Å². The van der Waals surface area contributed by atoms with Gasteiger partial charge >= 0.3 is 6.03 Å². The smallest absolute Gasteiger partial charge is 0.323 e. The molecule has 1 aromatic carbocycles. The highest BCUT2D eigenvalue weighted by atomic mass is 32.1. The number of thiophene rings is 1. The largest absolute Gasteiger partial charge is 0.325 e. The van der Waals surface area contributed by atoms with E-state index in [1.807, 2.05) is 73.1 Å². The molecule has 2 N–H and O–H groups in total. The Kier molecular flexibility index (Phi) is 5.86. The Bertz CT molecular complexity index is 1410. The Morgan fingerprint density at radius 2 is 1.94 bits per heavy atom. The van der Waals surface area contributed by atoms with Gasteiger partial charge in [-0.3, -0.25) is 18.9 Å². The maximum Gasteiger partial charge on any atom is 0.325 e. The fourth-order valence-electron chi connectivity index (χ4n) is 4.27. The summed E-state index contributed by atoms with van der Waals surface area (Å²) in [5.74, 6) is -0.367. The van der Waals surface area contributed by atoms with E-state index in [1.165, 1.54) is 11.3 Å². The Balaban J connectivity index is 1.34. The van der Waals surface area contributed by atoms with Gasteiger partial charge in [0, 0.05) is 6.20 Å². The summed E-state index contributed by atoms with van der Waals surface area (Å²) in [6.45, 7) is 3.30. The van der Waals surface area contributed by atoms with E-state index in [2.05, 4.69) is 10.6 Å². The zero-order valence-corrected chi connectivity index (χ0v) is 20.3. The van der Waals surface area contributed by atoms with Gasteiger partial charge < -0.3 is 10.6 Å². The molecule has 4 aromatic rings. The molecule has 5 rings (SSSR count). The van der Waals surface area contributed by atoms with Gasteiger partial charge in [0.15, 0.2) is 0 Å². The molecule has 0 spiro atoms. The Labute approximate surface area is 206 Å². The molecule has 0 radical (unpaired) electrons. The maximum absolute atomic E-state index is 13.1. The van der Waals surface area contributed by atoms with Crippen molar-refractivity contribution in [2.24, 2.45) is 0 Å². The van der Waals surface area contributed by atoms with Crippen molar-refractivity contribution in [1.82, 2.24) is 19.6 Å². The first kappa shape index (κ1) is 22.8. The van der Waals surface area contributed by atoms with Gasteiger partial charge in [0.1, 0.15) is 29.2 Å².